The molecule has 0 bridgehead atoms. The minimum Gasteiger partial charge on any atom is -0.453 e. The molecule has 1 fully saturated rings. The molecule has 0 aliphatic carbocycles. The molecule has 1 atom stereocenters. The summed E-state index contributed by atoms with van der Waals surface area (Å²) in [6.45, 7) is 3.56. The van der Waals surface area contributed by atoms with Gasteiger partial charge in [-0.2, -0.15) is 0 Å². The highest BCUT2D eigenvalue weighted by atomic mass is 16.5. The molecule has 1 aliphatic heterocycles. The molecular formula is C29H34N6O6. The lowest BCUT2D eigenvalue weighted by atomic mass is 10.1. The average molecular weight is 563 g/mol. The number of nitrogens with zero attached hydrogens (tertiary/aromatic N) is 2. The summed E-state index contributed by atoms with van der Waals surface area (Å²) in [5.41, 5.74) is 1.77. The molecule has 3 aromatic rings. The lowest BCUT2D eigenvalue weighted by Crippen LogP contribution is -2.56. The Morgan fingerprint density at radius 1 is 0.951 bits per heavy atom. The van der Waals surface area contributed by atoms with Crippen LogP contribution in [-0.2, 0) is 9.53 Å². The van der Waals surface area contributed by atoms with E-state index in [2.05, 4.69) is 25.7 Å². The number of aromatic amines is 1. The van der Waals surface area contributed by atoms with Crippen LogP contribution in [0.3, 0.4) is 0 Å². The molecule has 5 amide bonds. The van der Waals surface area contributed by atoms with Gasteiger partial charge in [-0.15, -0.1) is 0 Å². The number of unbranched alkanes of at least 4 members (excludes halogenated alkanes) is 1. The van der Waals surface area contributed by atoms with Gasteiger partial charge in [0.1, 0.15) is 0 Å². The van der Waals surface area contributed by atoms with Gasteiger partial charge >= 0.3 is 12.1 Å². The summed E-state index contributed by atoms with van der Waals surface area (Å²) in [7, 11) is 1.29. The molecule has 1 saturated heterocycles. The second-order valence-corrected chi connectivity index (χ2v) is 9.73. The van der Waals surface area contributed by atoms with Crippen molar-refractivity contribution in [2.24, 2.45) is 0 Å². The van der Waals surface area contributed by atoms with Crippen molar-refractivity contribution in [3.8, 4) is 0 Å². The summed E-state index contributed by atoms with van der Waals surface area (Å²) in [5, 5.41) is 8.61. The number of fused-ring (bicyclic) bond motifs is 1. The zero-order chi connectivity index (χ0) is 29.4. The van der Waals surface area contributed by atoms with Crippen LogP contribution in [0.4, 0.5) is 15.3 Å². The summed E-state index contributed by atoms with van der Waals surface area (Å²) in [4.78, 5) is 69.1. The Morgan fingerprint density at radius 2 is 1.68 bits per heavy atom. The van der Waals surface area contributed by atoms with E-state index < -0.39 is 23.8 Å². The molecular weight excluding hydrogens is 528 g/mol. The molecule has 41 heavy (non-hydrogen) atoms. The van der Waals surface area contributed by atoms with Gasteiger partial charge < -0.3 is 35.5 Å². The van der Waals surface area contributed by atoms with Crippen LogP contribution in [0.15, 0.2) is 54.7 Å². The number of urea groups is 1. The Morgan fingerprint density at radius 3 is 2.39 bits per heavy atom. The van der Waals surface area contributed by atoms with Gasteiger partial charge in [0.25, 0.3) is 17.6 Å². The highest BCUT2D eigenvalue weighted by molar-refractivity contribution is 6.45. The zero-order valence-corrected chi connectivity index (χ0v) is 23.1. The molecule has 4 rings (SSSR count). The molecule has 216 valence electrons. The summed E-state index contributed by atoms with van der Waals surface area (Å²) < 4.78 is 4.50. The van der Waals surface area contributed by atoms with E-state index in [1.54, 1.807) is 47.4 Å². The molecule has 4 N–H and O–H groups in total. The fourth-order valence-electron chi connectivity index (χ4n) is 4.78. The van der Waals surface area contributed by atoms with Gasteiger partial charge in [-0.1, -0.05) is 30.3 Å². The number of aromatic nitrogens is 1. The van der Waals surface area contributed by atoms with Crippen molar-refractivity contribution in [1.29, 1.82) is 0 Å². The second kappa shape index (κ2) is 13.5. The van der Waals surface area contributed by atoms with E-state index in [1.807, 2.05) is 13.0 Å². The summed E-state index contributed by atoms with van der Waals surface area (Å²) in [6.07, 6.45) is 2.29. The molecule has 12 heteroatoms. The van der Waals surface area contributed by atoms with Gasteiger partial charge in [0.2, 0.25) is 0 Å². The number of H-pyrrole nitrogens is 1. The van der Waals surface area contributed by atoms with Crippen molar-refractivity contribution in [3.63, 3.8) is 0 Å². The lowest BCUT2D eigenvalue weighted by Gasteiger charge is -2.39. The third-order valence-corrected chi connectivity index (χ3v) is 6.94. The molecule has 0 spiro atoms. The monoisotopic (exact) mass is 562 g/mol. The van der Waals surface area contributed by atoms with Crippen LogP contribution in [0.5, 0.6) is 0 Å². The predicted octanol–water partition coefficient (Wildman–Crippen LogP) is 2.98. The third kappa shape index (κ3) is 7.02. The number of Topliss-reactive ketones (excluding diaryl/α,β-unsaturated/α-hetero) is 1. The van der Waals surface area contributed by atoms with E-state index in [9.17, 15) is 24.0 Å². The maximum Gasteiger partial charge on any atom is 0.406 e. The van der Waals surface area contributed by atoms with Crippen LogP contribution in [-0.4, -0.2) is 90.4 Å². The van der Waals surface area contributed by atoms with E-state index in [-0.39, 0.29) is 24.1 Å². The van der Waals surface area contributed by atoms with Gasteiger partial charge in [0, 0.05) is 55.9 Å². The van der Waals surface area contributed by atoms with Crippen molar-refractivity contribution in [2.75, 3.05) is 45.2 Å². The molecule has 0 radical (unpaired) electrons. The highest BCUT2D eigenvalue weighted by Gasteiger charge is 2.34. The van der Waals surface area contributed by atoms with Crippen LogP contribution in [0, 0.1) is 0 Å². The van der Waals surface area contributed by atoms with E-state index in [0.717, 1.165) is 0 Å². The van der Waals surface area contributed by atoms with Gasteiger partial charge in [0.05, 0.1) is 23.9 Å². The Kier molecular flexibility index (Phi) is 9.56. The summed E-state index contributed by atoms with van der Waals surface area (Å²) >= 11 is 0. The Labute approximate surface area is 237 Å². The molecule has 12 nitrogen and oxygen atoms in total. The number of hydrogen-bond donors (Lipinski definition) is 4. The first-order chi connectivity index (χ1) is 19.8. The van der Waals surface area contributed by atoms with Crippen LogP contribution >= 0.6 is 0 Å². The van der Waals surface area contributed by atoms with Crippen LogP contribution in [0.2, 0.25) is 0 Å². The quantitative estimate of drug-likeness (QED) is 0.179. The molecule has 0 saturated carbocycles. The van der Waals surface area contributed by atoms with Gasteiger partial charge in [-0.05, 0) is 38.0 Å². The first-order valence-electron chi connectivity index (χ1n) is 13.5. The summed E-state index contributed by atoms with van der Waals surface area (Å²) in [6, 6.07) is 13.3. The van der Waals surface area contributed by atoms with Gasteiger partial charge in [0.15, 0.2) is 0 Å². The average Bonchev–Trinajstić information content (AvgIpc) is 3.43. The number of rotatable bonds is 9. The number of carbonyl (C=O) groups excluding carboxylic acids is 5. The molecule has 1 aliphatic rings. The number of nitrogens with one attached hydrogen (secondary N) is 4. The number of methoxy groups -OCH3 is 1. The number of ether oxygens (including phenoxy) is 1. The largest absolute Gasteiger partial charge is 0.453 e. The number of hydrogen-bond acceptors (Lipinski definition) is 6. The fourth-order valence-corrected chi connectivity index (χ4v) is 4.78. The normalized spacial score (nSPS) is 14.8. The first-order valence-corrected chi connectivity index (χ1v) is 13.5. The Balaban J connectivity index is 1.34. The number of anilines is 1. The van der Waals surface area contributed by atoms with E-state index in [1.165, 1.54) is 18.2 Å². The summed E-state index contributed by atoms with van der Waals surface area (Å²) in [5.74, 6) is -1.40. The number of amides is 5. The number of piperazine rings is 1. The van der Waals surface area contributed by atoms with Crippen LogP contribution in [0.1, 0.15) is 40.5 Å². The third-order valence-electron chi connectivity index (χ3n) is 6.94. The smallest absolute Gasteiger partial charge is 0.406 e. The number of alkyl carbamates (subject to hydrolysis) is 1. The number of para-hydroxylation sites is 1. The number of carbonyl (C=O) groups is 5. The first kappa shape index (κ1) is 29.1. The highest BCUT2D eigenvalue weighted by Crippen LogP contribution is 2.27. The lowest BCUT2D eigenvalue weighted by molar-refractivity contribution is -0.130. The zero-order valence-electron chi connectivity index (χ0n) is 23.1. The molecule has 1 unspecified atom stereocenters. The van der Waals surface area contributed by atoms with Crippen molar-refractivity contribution in [2.45, 2.75) is 25.8 Å². The van der Waals surface area contributed by atoms with Crippen LogP contribution in [0.25, 0.3) is 10.9 Å². The van der Waals surface area contributed by atoms with Crippen molar-refractivity contribution in [1.82, 2.24) is 25.4 Å². The van der Waals surface area contributed by atoms with E-state index >= 15 is 0 Å². The van der Waals surface area contributed by atoms with E-state index in [0.29, 0.717) is 61.2 Å². The molecule has 2 heterocycles. The van der Waals surface area contributed by atoms with Crippen LogP contribution < -0.4 is 16.0 Å². The van der Waals surface area contributed by atoms with Crippen molar-refractivity contribution < 1.29 is 28.7 Å². The predicted molar refractivity (Wildman–Crippen MR) is 153 cm³/mol. The molecule has 1 aromatic heterocycles. The Bertz CT molecular complexity index is 1420. The fraction of sp³-hybridized carbons (Fsp3) is 0.345. The second-order valence-electron chi connectivity index (χ2n) is 9.73. The maximum atomic E-state index is 13.3. The van der Waals surface area contributed by atoms with Crippen molar-refractivity contribution in [3.05, 3.63) is 65.9 Å². The standard InChI is InChI=1S/C29H34N6O6/c1-19-18-34(26(37)20-9-4-3-5-10-20)15-16-35(19)27(38)25(36)22-17-32-24-21(22)11-8-12-23(24)33-28(39)30-13-6-7-14-31-29(40)41-2/h3-5,8-12,17,19,32H,6-7,13-16,18H2,1-2H3,(H,31,40)(H2,30,33,39). The maximum absolute atomic E-state index is 13.3. The SMILES string of the molecule is COC(=O)NCCCCNC(=O)Nc1cccc2c(C(=O)C(=O)N3CCN(C(=O)c4ccccc4)CC3C)c[nH]c12. The number of benzene rings is 2. The van der Waals surface area contributed by atoms with E-state index in [4.69, 9.17) is 0 Å². The minimum absolute atomic E-state index is 0.104. The van der Waals surface area contributed by atoms with Gasteiger partial charge in [-0.25, -0.2) is 9.59 Å². The topological polar surface area (TPSA) is 153 Å². The molecule has 2 aromatic carbocycles. The Hall–Kier alpha value is -4.87. The number of ketones is 1. The minimum atomic E-state index is -0.659. The van der Waals surface area contributed by atoms with Gasteiger partial charge in [-0.3, -0.25) is 14.4 Å². The van der Waals surface area contributed by atoms with Crippen molar-refractivity contribution >= 4 is 46.3 Å².